The van der Waals surface area contributed by atoms with Crippen LogP contribution in [0.3, 0.4) is 0 Å². The SMILES string of the molecule is CCN(CC)CCN1C(=O)C2C(C(=O)Nc3ccc4c(c3)OCO4)C3C=CC2(O3)C1C(=O)NC1CCCCC1. The van der Waals surface area contributed by atoms with E-state index in [1.165, 1.54) is 6.42 Å². The summed E-state index contributed by atoms with van der Waals surface area (Å²) in [6.45, 7) is 7.06. The van der Waals surface area contributed by atoms with Crippen molar-refractivity contribution in [1.29, 1.82) is 0 Å². The van der Waals surface area contributed by atoms with E-state index < -0.39 is 29.6 Å². The quantitative estimate of drug-likeness (QED) is 0.465. The second-order valence-corrected chi connectivity index (χ2v) is 11.2. The fraction of sp³-hybridized carbons (Fsp3) is 0.621. The molecule has 6 rings (SSSR count). The number of carbonyl (C=O) groups excluding carboxylic acids is 3. The maximum atomic E-state index is 14.1. The summed E-state index contributed by atoms with van der Waals surface area (Å²) >= 11 is 0. The molecule has 3 fully saturated rings. The molecule has 10 nitrogen and oxygen atoms in total. The van der Waals surface area contributed by atoms with Gasteiger partial charge in [0.15, 0.2) is 11.5 Å². The van der Waals surface area contributed by atoms with Crippen LogP contribution >= 0.6 is 0 Å². The first-order chi connectivity index (χ1) is 18.9. The lowest BCUT2D eigenvalue weighted by molar-refractivity contribution is -0.141. The van der Waals surface area contributed by atoms with Gasteiger partial charge >= 0.3 is 0 Å². The Morgan fingerprint density at radius 2 is 1.85 bits per heavy atom. The Kier molecular flexibility index (Phi) is 7.01. The Morgan fingerprint density at radius 3 is 2.62 bits per heavy atom. The fourth-order valence-electron chi connectivity index (χ4n) is 7.02. The number of hydrogen-bond donors (Lipinski definition) is 2. The Hall–Kier alpha value is -3.11. The lowest BCUT2D eigenvalue weighted by atomic mass is 9.74. The van der Waals surface area contributed by atoms with Gasteiger partial charge in [0.1, 0.15) is 11.6 Å². The van der Waals surface area contributed by atoms with Crippen LogP contribution < -0.4 is 20.1 Å². The molecule has 0 radical (unpaired) electrons. The van der Waals surface area contributed by atoms with Gasteiger partial charge in [-0.2, -0.15) is 0 Å². The van der Waals surface area contributed by atoms with Crippen molar-refractivity contribution >= 4 is 23.4 Å². The van der Waals surface area contributed by atoms with Crippen molar-refractivity contribution in [2.24, 2.45) is 11.8 Å². The van der Waals surface area contributed by atoms with Crippen molar-refractivity contribution < 1.29 is 28.6 Å². The maximum Gasteiger partial charge on any atom is 0.246 e. The van der Waals surface area contributed by atoms with Gasteiger partial charge in [-0.3, -0.25) is 14.4 Å². The molecule has 4 aliphatic heterocycles. The van der Waals surface area contributed by atoms with Crippen LogP contribution in [-0.2, 0) is 19.1 Å². The van der Waals surface area contributed by atoms with E-state index in [0.717, 1.165) is 38.8 Å². The highest BCUT2D eigenvalue weighted by Gasteiger charge is 2.72. The number of rotatable bonds is 9. The van der Waals surface area contributed by atoms with Gasteiger partial charge in [0.2, 0.25) is 24.5 Å². The minimum absolute atomic E-state index is 0.106. The van der Waals surface area contributed by atoms with Gasteiger partial charge in [-0.25, -0.2) is 0 Å². The van der Waals surface area contributed by atoms with Crippen LogP contribution in [0.25, 0.3) is 0 Å². The van der Waals surface area contributed by atoms with Crippen molar-refractivity contribution in [1.82, 2.24) is 15.1 Å². The summed E-state index contributed by atoms with van der Waals surface area (Å²) in [4.78, 5) is 45.6. The molecule has 39 heavy (non-hydrogen) atoms. The van der Waals surface area contributed by atoms with Gasteiger partial charge in [-0.1, -0.05) is 45.3 Å². The Morgan fingerprint density at radius 1 is 1.08 bits per heavy atom. The summed E-state index contributed by atoms with van der Waals surface area (Å²) in [5.74, 6) is -0.993. The lowest BCUT2D eigenvalue weighted by Gasteiger charge is -2.34. The molecule has 1 aromatic carbocycles. The largest absolute Gasteiger partial charge is 0.454 e. The minimum Gasteiger partial charge on any atom is -0.454 e. The average molecular weight is 539 g/mol. The van der Waals surface area contributed by atoms with Gasteiger partial charge in [-0.15, -0.1) is 0 Å². The van der Waals surface area contributed by atoms with Crippen LogP contribution in [0, 0.1) is 11.8 Å². The number of likely N-dealkylation sites (tertiary alicyclic amines) is 1. The summed E-state index contributed by atoms with van der Waals surface area (Å²) in [7, 11) is 0. The Labute approximate surface area is 229 Å². The maximum absolute atomic E-state index is 14.1. The number of nitrogens with zero attached hydrogens (tertiary/aromatic N) is 2. The predicted molar refractivity (Wildman–Crippen MR) is 143 cm³/mol. The monoisotopic (exact) mass is 538 g/mol. The highest BCUT2D eigenvalue weighted by Crippen LogP contribution is 2.55. The van der Waals surface area contributed by atoms with E-state index >= 15 is 0 Å². The third kappa shape index (κ3) is 4.47. The zero-order valence-electron chi connectivity index (χ0n) is 22.7. The number of hydrogen-bond acceptors (Lipinski definition) is 7. The number of likely N-dealkylation sites (N-methyl/N-ethyl adjacent to an activating group) is 1. The van der Waals surface area contributed by atoms with Gasteiger partial charge in [0.25, 0.3) is 0 Å². The number of anilines is 1. The molecule has 3 amide bonds. The number of benzene rings is 1. The summed E-state index contributed by atoms with van der Waals surface area (Å²) in [6.07, 6.45) is 8.41. The highest BCUT2D eigenvalue weighted by molar-refractivity contribution is 6.03. The van der Waals surface area contributed by atoms with Crippen molar-refractivity contribution in [2.75, 3.05) is 38.3 Å². The molecule has 1 spiro atoms. The summed E-state index contributed by atoms with van der Waals surface area (Å²) in [6, 6.07) is 4.51. The molecule has 0 aromatic heterocycles. The first-order valence-electron chi connectivity index (χ1n) is 14.4. The zero-order valence-corrected chi connectivity index (χ0v) is 22.7. The first-order valence-corrected chi connectivity index (χ1v) is 14.4. The van der Waals surface area contributed by atoms with E-state index in [-0.39, 0.29) is 30.6 Å². The molecule has 5 atom stereocenters. The topological polar surface area (TPSA) is 109 Å². The number of carbonyl (C=O) groups is 3. The molecule has 5 aliphatic rings. The Balaban J connectivity index is 1.27. The molecule has 210 valence electrons. The second-order valence-electron chi connectivity index (χ2n) is 11.2. The minimum atomic E-state index is -1.15. The summed E-state index contributed by atoms with van der Waals surface area (Å²) in [5.41, 5.74) is -0.596. The first kappa shape index (κ1) is 26.1. The van der Waals surface area contributed by atoms with Crippen LogP contribution in [0.5, 0.6) is 11.5 Å². The highest BCUT2D eigenvalue weighted by atomic mass is 16.7. The molecule has 1 saturated carbocycles. The molecule has 1 aliphatic carbocycles. The van der Waals surface area contributed by atoms with Crippen molar-refractivity contribution in [3.05, 3.63) is 30.4 Å². The number of nitrogens with one attached hydrogen (secondary N) is 2. The molecule has 2 bridgehead atoms. The Bertz CT molecular complexity index is 1160. The third-order valence-electron chi connectivity index (χ3n) is 9.07. The molecule has 10 heteroatoms. The van der Waals surface area contributed by atoms with Gasteiger partial charge in [0.05, 0.1) is 17.9 Å². The molecule has 1 aromatic rings. The van der Waals surface area contributed by atoms with Crippen LogP contribution in [0.15, 0.2) is 30.4 Å². The normalized spacial score (nSPS) is 30.7. The molecule has 5 unspecified atom stereocenters. The third-order valence-corrected chi connectivity index (χ3v) is 9.07. The molecular formula is C29H38N4O6. The van der Waals surface area contributed by atoms with Gasteiger partial charge in [0, 0.05) is 30.9 Å². The van der Waals surface area contributed by atoms with Crippen molar-refractivity contribution in [2.45, 2.75) is 69.7 Å². The average Bonchev–Trinajstić information content (AvgIpc) is 3.70. The zero-order chi connectivity index (χ0) is 27.1. The second kappa shape index (κ2) is 10.5. The van der Waals surface area contributed by atoms with E-state index in [4.69, 9.17) is 14.2 Å². The van der Waals surface area contributed by atoms with E-state index in [0.29, 0.717) is 30.3 Å². The van der Waals surface area contributed by atoms with E-state index in [1.54, 1.807) is 23.1 Å². The summed E-state index contributed by atoms with van der Waals surface area (Å²) < 4.78 is 17.3. The molecular weight excluding hydrogens is 500 g/mol. The number of fused-ring (bicyclic) bond motifs is 2. The predicted octanol–water partition coefficient (Wildman–Crippen LogP) is 2.30. The molecule has 2 saturated heterocycles. The van der Waals surface area contributed by atoms with E-state index in [1.807, 2.05) is 12.2 Å². The van der Waals surface area contributed by atoms with Crippen LogP contribution in [-0.4, -0.2) is 84.3 Å². The number of amides is 3. The number of ether oxygens (including phenoxy) is 3. The van der Waals surface area contributed by atoms with Crippen LogP contribution in [0.4, 0.5) is 5.69 Å². The van der Waals surface area contributed by atoms with Crippen LogP contribution in [0.2, 0.25) is 0 Å². The summed E-state index contributed by atoms with van der Waals surface area (Å²) in [5, 5.41) is 6.19. The smallest absolute Gasteiger partial charge is 0.246 e. The fourth-order valence-corrected chi connectivity index (χ4v) is 7.02. The lowest BCUT2D eigenvalue weighted by Crippen LogP contribution is -2.57. The van der Waals surface area contributed by atoms with Crippen molar-refractivity contribution in [3.8, 4) is 11.5 Å². The van der Waals surface area contributed by atoms with Gasteiger partial charge in [-0.05, 0) is 38.1 Å². The standard InChI is InChI=1S/C29H38N4O6/c1-3-32(4-2)14-15-33-25(27(35)30-18-8-6-5-7-9-18)29-13-12-21(39-29)23(24(29)28(33)36)26(34)31-19-10-11-20-22(16-19)38-17-37-20/h10-13,16,18,21,23-25H,3-9,14-15,17H2,1-2H3,(H,30,35)(H,31,34). The molecule has 2 N–H and O–H groups in total. The van der Waals surface area contributed by atoms with Crippen LogP contribution in [0.1, 0.15) is 46.0 Å². The van der Waals surface area contributed by atoms with Crippen molar-refractivity contribution in [3.63, 3.8) is 0 Å². The molecule has 4 heterocycles. The van der Waals surface area contributed by atoms with E-state index in [2.05, 4.69) is 29.4 Å². The van der Waals surface area contributed by atoms with Gasteiger partial charge < -0.3 is 34.6 Å². The van der Waals surface area contributed by atoms with E-state index in [9.17, 15) is 14.4 Å².